The molecule has 2 fully saturated rings. The summed E-state index contributed by atoms with van der Waals surface area (Å²) in [6.07, 6.45) is 5.28. The van der Waals surface area contributed by atoms with Crippen molar-refractivity contribution < 1.29 is 26.3 Å². The van der Waals surface area contributed by atoms with Gasteiger partial charge in [-0.1, -0.05) is 27.2 Å². The van der Waals surface area contributed by atoms with Crippen molar-refractivity contribution >= 4 is 10.0 Å². The fourth-order valence-electron chi connectivity index (χ4n) is 3.42. The third kappa shape index (κ3) is 6.19. The number of ether oxygens (including phenoxy) is 1. The van der Waals surface area contributed by atoms with Gasteiger partial charge in [-0.25, -0.2) is 13.1 Å². The van der Waals surface area contributed by atoms with Crippen LogP contribution >= 0.6 is 0 Å². The van der Waals surface area contributed by atoms with E-state index in [1.54, 1.807) is 11.8 Å². The van der Waals surface area contributed by atoms with Gasteiger partial charge in [-0.2, -0.15) is 13.2 Å². The van der Waals surface area contributed by atoms with Crippen LogP contribution in [0.15, 0.2) is 0 Å². The van der Waals surface area contributed by atoms with E-state index in [9.17, 15) is 21.6 Å². The Balaban J connectivity index is 0.000000307. The zero-order valence-corrected chi connectivity index (χ0v) is 15.8. The van der Waals surface area contributed by atoms with Crippen LogP contribution in [0, 0.1) is 23.2 Å². The number of rotatable bonds is 6. The summed E-state index contributed by atoms with van der Waals surface area (Å²) < 4.78 is 64.4. The molecule has 0 saturated heterocycles. The van der Waals surface area contributed by atoms with Crippen LogP contribution < -0.4 is 4.72 Å². The topological polar surface area (TPSA) is 55.4 Å². The summed E-state index contributed by atoms with van der Waals surface area (Å²) in [6.45, 7) is 7.39. The van der Waals surface area contributed by atoms with Crippen LogP contribution in [0.5, 0.6) is 0 Å². The first kappa shape index (κ1) is 21.7. The van der Waals surface area contributed by atoms with E-state index in [1.165, 1.54) is 6.42 Å². The van der Waals surface area contributed by atoms with Crippen molar-refractivity contribution in [3.05, 3.63) is 0 Å². The molecule has 0 aromatic heterocycles. The van der Waals surface area contributed by atoms with E-state index < -0.39 is 15.5 Å². The summed E-state index contributed by atoms with van der Waals surface area (Å²) in [5, 5.41) is 0. The quantitative estimate of drug-likeness (QED) is 0.767. The van der Waals surface area contributed by atoms with Gasteiger partial charge in [0, 0.05) is 13.7 Å². The first-order valence-electron chi connectivity index (χ1n) is 8.46. The molecule has 24 heavy (non-hydrogen) atoms. The Morgan fingerprint density at radius 2 is 1.79 bits per heavy atom. The maximum atomic E-state index is 12.0. The highest BCUT2D eigenvalue weighted by atomic mass is 32.2. The molecule has 2 aliphatic carbocycles. The maximum absolute atomic E-state index is 12.0. The van der Waals surface area contributed by atoms with Gasteiger partial charge in [-0.3, -0.25) is 0 Å². The van der Waals surface area contributed by atoms with Crippen LogP contribution in [0.1, 0.15) is 52.9 Å². The molecule has 0 aromatic carbocycles. The number of nitrogens with one attached hydrogen (secondary N) is 1. The molecule has 3 unspecified atom stereocenters. The van der Waals surface area contributed by atoms with Gasteiger partial charge in [0.1, 0.15) is 0 Å². The third-order valence-corrected chi connectivity index (χ3v) is 6.37. The van der Waals surface area contributed by atoms with Crippen LogP contribution in [0.2, 0.25) is 0 Å². The fourth-order valence-corrected chi connectivity index (χ4v) is 4.01. The summed E-state index contributed by atoms with van der Waals surface area (Å²) in [4.78, 5) is 0. The van der Waals surface area contributed by atoms with Gasteiger partial charge < -0.3 is 4.74 Å². The maximum Gasteiger partial charge on any atom is 0.511 e. The number of methoxy groups -OCH3 is 1. The lowest BCUT2D eigenvalue weighted by Crippen LogP contribution is -2.39. The molecule has 0 aliphatic heterocycles. The normalized spacial score (nSPS) is 27.0. The monoisotopic (exact) mass is 373 g/mol. The Kier molecular flexibility index (Phi) is 7.56. The van der Waals surface area contributed by atoms with Gasteiger partial charge in [0.25, 0.3) is 0 Å². The predicted molar refractivity (Wildman–Crippen MR) is 87.9 cm³/mol. The largest absolute Gasteiger partial charge is 0.511 e. The van der Waals surface area contributed by atoms with E-state index in [2.05, 4.69) is 20.8 Å². The number of hydrogen-bond donors (Lipinski definition) is 1. The van der Waals surface area contributed by atoms with Gasteiger partial charge in [-0.15, -0.1) is 0 Å². The van der Waals surface area contributed by atoms with Crippen molar-refractivity contribution in [1.82, 2.24) is 4.72 Å². The predicted octanol–water partition coefficient (Wildman–Crippen LogP) is 3.93. The molecule has 3 atom stereocenters. The smallest absolute Gasteiger partial charge is 0.384 e. The van der Waals surface area contributed by atoms with Gasteiger partial charge in [-0.05, 0) is 48.9 Å². The SMILES string of the molecule is CCC(C)(C)COC.O=S(=O)(NCC1CC2CCC1C2)C(F)(F)F. The zero-order chi connectivity index (χ0) is 18.6. The molecular formula is C16H30F3NO3S. The molecule has 0 spiro atoms. The van der Waals surface area contributed by atoms with Crippen molar-refractivity contribution in [1.29, 1.82) is 0 Å². The Morgan fingerprint density at radius 1 is 1.17 bits per heavy atom. The summed E-state index contributed by atoms with van der Waals surface area (Å²) >= 11 is 0. The number of alkyl halides is 3. The lowest BCUT2D eigenvalue weighted by molar-refractivity contribution is -0.0449. The second-order valence-electron chi connectivity index (χ2n) is 7.68. The number of hydrogen-bond acceptors (Lipinski definition) is 3. The molecule has 2 rings (SSSR count). The molecule has 1 N–H and O–H groups in total. The third-order valence-electron chi connectivity index (χ3n) is 5.22. The van der Waals surface area contributed by atoms with Crippen molar-refractivity contribution in [2.45, 2.75) is 58.4 Å². The van der Waals surface area contributed by atoms with Gasteiger partial charge in [0.15, 0.2) is 0 Å². The number of sulfonamides is 1. The second kappa shape index (κ2) is 8.36. The van der Waals surface area contributed by atoms with E-state index in [1.807, 2.05) is 0 Å². The highest BCUT2D eigenvalue weighted by Gasteiger charge is 2.47. The fraction of sp³-hybridized carbons (Fsp3) is 1.00. The lowest BCUT2D eigenvalue weighted by atomic mass is 9.89. The number of halogens is 3. The minimum Gasteiger partial charge on any atom is -0.384 e. The zero-order valence-electron chi connectivity index (χ0n) is 14.9. The molecule has 8 heteroatoms. The summed E-state index contributed by atoms with van der Waals surface area (Å²) in [5.41, 5.74) is -4.82. The van der Waals surface area contributed by atoms with E-state index in [0.717, 1.165) is 32.3 Å². The Labute approximate surface area is 143 Å². The van der Waals surface area contributed by atoms with Gasteiger partial charge >= 0.3 is 15.5 Å². The van der Waals surface area contributed by atoms with Crippen molar-refractivity contribution in [3.63, 3.8) is 0 Å². The van der Waals surface area contributed by atoms with E-state index in [-0.39, 0.29) is 12.5 Å². The van der Waals surface area contributed by atoms with E-state index in [0.29, 0.717) is 17.3 Å². The van der Waals surface area contributed by atoms with Crippen molar-refractivity contribution in [3.8, 4) is 0 Å². The molecule has 2 aliphatic rings. The second-order valence-corrected chi connectivity index (χ2v) is 9.44. The molecule has 144 valence electrons. The molecular weight excluding hydrogens is 343 g/mol. The minimum atomic E-state index is -5.19. The molecule has 2 bridgehead atoms. The molecule has 4 nitrogen and oxygen atoms in total. The van der Waals surface area contributed by atoms with Crippen LogP contribution in [-0.4, -0.2) is 34.2 Å². The Bertz CT molecular complexity index is 491. The van der Waals surface area contributed by atoms with Crippen molar-refractivity contribution in [2.75, 3.05) is 20.3 Å². The average molecular weight is 373 g/mol. The highest BCUT2D eigenvalue weighted by molar-refractivity contribution is 7.90. The first-order valence-corrected chi connectivity index (χ1v) is 9.95. The van der Waals surface area contributed by atoms with Gasteiger partial charge in [0.05, 0.1) is 6.61 Å². The Hall–Kier alpha value is -0.340. The molecule has 0 radical (unpaired) electrons. The molecule has 0 amide bonds. The van der Waals surface area contributed by atoms with Crippen LogP contribution in [0.25, 0.3) is 0 Å². The Morgan fingerprint density at radius 3 is 2.12 bits per heavy atom. The molecule has 0 aromatic rings. The van der Waals surface area contributed by atoms with E-state index in [4.69, 9.17) is 4.74 Å². The minimum absolute atomic E-state index is 0.0665. The molecule has 0 heterocycles. The average Bonchev–Trinajstić information content (AvgIpc) is 3.07. The standard InChI is InChI=1S/C9H14F3NO2S.C7H16O/c10-9(11,12)16(14,15)13-5-8-4-6-1-2-7(8)3-6;1-5-7(2,3)6-8-4/h6-8,13H,1-5H2;5-6H2,1-4H3. The highest BCUT2D eigenvalue weighted by Crippen LogP contribution is 2.48. The van der Waals surface area contributed by atoms with Crippen LogP contribution in [0.4, 0.5) is 13.2 Å². The summed E-state index contributed by atoms with van der Waals surface area (Å²) in [6, 6.07) is 0. The van der Waals surface area contributed by atoms with Crippen LogP contribution in [0.3, 0.4) is 0 Å². The summed E-state index contributed by atoms with van der Waals surface area (Å²) in [5.74, 6) is 1.11. The summed E-state index contributed by atoms with van der Waals surface area (Å²) in [7, 11) is -3.40. The van der Waals surface area contributed by atoms with E-state index >= 15 is 0 Å². The first-order chi connectivity index (χ1) is 10.9. The number of fused-ring (bicyclic) bond motifs is 2. The van der Waals surface area contributed by atoms with Gasteiger partial charge in [0.2, 0.25) is 0 Å². The molecule has 2 saturated carbocycles. The van der Waals surface area contributed by atoms with Crippen LogP contribution in [-0.2, 0) is 14.8 Å². The lowest BCUT2D eigenvalue weighted by Gasteiger charge is -2.22. The van der Waals surface area contributed by atoms with Crippen molar-refractivity contribution in [2.24, 2.45) is 23.2 Å².